The van der Waals surface area contributed by atoms with E-state index in [0.717, 1.165) is 17.7 Å². The van der Waals surface area contributed by atoms with Crippen LogP contribution in [0.5, 0.6) is 0 Å². The van der Waals surface area contributed by atoms with E-state index in [1.807, 2.05) is 42.2 Å². The largest absolute Gasteiger partial charge is 0.469 e. The summed E-state index contributed by atoms with van der Waals surface area (Å²) in [4.78, 5) is 41.0. The number of halogens is 6. The van der Waals surface area contributed by atoms with E-state index >= 15 is 0 Å². The number of hydrogen-bond donors (Lipinski definition) is 0. The highest BCUT2D eigenvalue weighted by molar-refractivity contribution is 5.72. The van der Waals surface area contributed by atoms with Crippen molar-refractivity contribution in [3.63, 3.8) is 0 Å². The number of likely N-dealkylation sites (tertiary alicyclic amines) is 1. The van der Waals surface area contributed by atoms with E-state index in [1.54, 1.807) is 22.2 Å². The van der Waals surface area contributed by atoms with E-state index in [2.05, 4.69) is 9.97 Å². The number of rotatable bonds is 10. The third-order valence-corrected chi connectivity index (χ3v) is 11.0. The van der Waals surface area contributed by atoms with Crippen molar-refractivity contribution >= 4 is 23.7 Å². The molecule has 0 N–H and O–H groups in total. The second-order valence-corrected chi connectivity index (χ2v) is 14.7. The van der Waals surface area contributed by atoms with E-state index in [1.165, 1.54) is 7.11 Å². The van der Waals surface area contributed by atoms with Gasteiger partial charge < -0.3 is 28.9 Å². The van der Waals surface area contributed by atoms with Crippen LogP contribution in [-0.4, -0.2) is 84.6 Å². The van der Waals surface area contributed by atoms with Crippen molar-refractivity contribution in [3.8, 4) is 0 Å². The molecule has 1 saturated carbocycles. The molecule has 10 nitrogen and oxygen atoms in total. The lowest BCUT2D eigenvalue weighted by molar-refractivity contribution is -0.147. The standard InChI is InChI=1S/C40H47F6N5O5/c1-3-31-21-32(22-33(19-26-7-5-4-6-8-26)51(31)38(53)56-35-11-9-28(10-12-35)36(52)54-2)50(37-47-23-34(24-48-37)49-13-15-55-16-14-49)25-27-17-29(39(41,42)43)20-30(18-27)40(44,45)46/h4-8,17-18,20,23-24,28,31-33,35H,3,9-16,19,21-22,25H2,1-2H3/t28-,31-,32+,33+,35-/m1/s1. The monoisotopic (exact) mass is 791 g/mol. The van der Waals surface area contributed by atoms with Crippen LogP contribution in [-0.2, 0) is 44.3 Å². The normalized spacial score (nSPS) is 23.4. The number of nitrogens with zero attached hydrogens (tertiary/aromatic N) is 5. The first-order valence-electron chi connectivity index (χ1n) is 19.0. The molecule has 0 spiro atoms. The Labute approximate surface area is 322 Å². The summed E-state index contributed by atoms with van der Waals surface area (Å²) in [5.41, 5.74) is -1.36. The van der Waals surface area contributed by atoms with Crippen molar-refractivity contribution in [1.29, 1.82) is 0 Å². The zero-order valence-electron chi connectivity index (χ0n) is 31.4. The molecule has 3 atom stereocenters. The van der Waals surface area contributed by atoms with Gasteiger partial charge in [0.05, 0.1) is 55.4 Å². The maximum Gasteiger partial charge on any atom is 0.416 e. The number of carbonyl (C=O) groups excluding carboxylic acids is 2. The van der Waals surface area contributed by atoms with Gasteiger partial charge in [-0.3, -0.25) is 4.79 Å². The summed E-state index contributed by atoms with van der Waals surface area (Å²) in [7, 11) is 1.35. The number of ether oxygens (including phenoxy) is 3. The SMILES string of the molecule is CC[C@@H]1C[C@H](N(Cc2cc(C(F)(F)F)cc(C(F)(F)F)c2)c2ncc(N3CCOCC3)cn2)C[C@H](Cc2ccccc2)N1C(=O)O[C@H]1CC[C@H](C(=O)OC)CC1. The van der Waals surface area contributed by atoms with Crippen LogP contribution in [0.3, 0.4) is 0 Å². The lowest BCUT2D eigenvalue weighted by atomic mass is 9.86. The molecule has 56 heavy (non-hydrogen) atoms. The maximum atomic E-state index is 14.1. The fourth-order valence-electron chi connectivity index (χ4n) is 8.14. The van der Waals surface area contributed by atoms with Gasteiger partial charge in [-0.15, -0.1) is 0 Å². The summed E-state index contributed by atoms with van der Waals surface area (Å²) in [6, 6.07) is 9.78. The molecule has 1 aromatic heterocycles. The van der Waals surface area contributed by atoms with Crippen LogP contribution in [0, 0.1) is 5.92 Å². The first-order chi connectivity index (χ1) is 26.7. The first-order valence-corrected chi connectivity index (χ1v) is 19.0. The highest BCUT2D eigenvalue weighted by Crippen LogP contribution is 2.39. The number of aromatic nitrogens is 2. The Bertz CT molecular complexity index is 1730. The Morgan fingerprint density at radius 3 is 2.04 bits per heavy atom. The van der Waals surface area contributed by atoms with Gasteiger partial charge in [0.1, 0.15) is 6.10 Å². The summed E-state index contributed by atoms with van der Waals surface area (Å²) >= 11 is 0. The summed E-state index contributed by atoms with van der Waals surface area (Å²) < 4.78 is 100. The van der Waals surface area contributed by atoms with E-state index < -0.39 is 53.8 Å². The molecule has 1 aliphatic carbocycles. The predicted molar refractivity (Wildman–Crippen MR) is 195 cm³/mol. The van der Waals surface area contributed by atoms with Gasteiger partial charge in [0.15, 0.2) is 0 Å². The number of alkyl halides is 6. The summed E-state index contributed by atoms with van der Waals surface area (Å²) in [5, 5.41) is 0. The summed E-state index contributed by atoms with van der Waals surface area (Å²) in [5.74, 6) is -0.389. The fourth-order valence-corrected chi connectivity index (χ4v) is 8.14. The molecule has 3 aliphatic rings. The van der Waals surface area contributed by atoms with Crippen LogP contribution in [0.1, 0.15) is 74.1 Å². The molecule has 2 aromatic carbocycles. The first kappa shape index (κ1) is 41.0. The number of methoxy groups -OCH3 is 1. The van der Waals surface area contributed by atoms with Crippen LogP contribution in [0.15, 0.2) is 60.9 Å². The van der Waals surface area contributed by atoms with Crippen molar-refractivity contribution in [2.75, 3.05) is 43.2 Å². The Morgan fingerprint density at radius 1 is 0.857 bits per heavy atom. The molecular weight excluding hydrogens is 744 g/mol. The minimum atomic E-state index is -5.02. The van der Waals surface area contributed by atoms with Crippen LogP contribution < -0.4 is 9.80 Å². The molecule has 3 fully saturated rings. The molecule has 2 saturated heterocycles. The third kappa shape index (κ3) is 10.0. The molecule has 0 unspecified atom stereocenters. The van der Waals surface area contributed by atoms with Gasteiger partial charge in [0.2, 0.25) is 5.95 Å². The number of benzene rings is 2. The van der Waals surface area contributed by atoms with Crippen LogP contribution >= 0.6 is 0 Å². The Kier molecular flexibility index (Phi) is 13.0. The molecule has 2 aliphatic heterocycles. The fraction of sp³-hybridized carbons (Fsp3) is 0.550. The van der Waals surface area contributed by atoms with Gasteiger partial charge in [-0.05, 0) is 80.7 Å². The lowest BCUT2D eigenvalue weighted by Crippen LogP contribution is -2.58. The Balaban J connectivity index is 1.34. The van der Waals surface area contributed by atoms with E-state index in [0.29, 0.717) is 83.4 Å². The van der Waals surface area contributed by atoms with Crippen molar-refractivity contribution in [1.82, 2.24) is 14.9 Å². The molecule has 6 rings (SSSR count). The number of esters is 1. The van der Waals surface area contributed by atoms with E-state index in [4.69, 9.17) is 14.2 Å². The van der Waals surface area contributed by atoms with Crippen molar-refractivity contribution in [3.05, 3.63) is 83.2 Å². The van der Waals surface area contributed by atoms with Gasteiger partial charge in [-0.25, -0.2) is 14.8 Å². The maximum absolute atomic E-state index is 14.1. The van der Waals surface area contributed by atoms with Gasteiger partial charge >= 0.3 is 24.4 Å². The molecule has 304 valence electrons. The predicted octanol–water partition coefficient (Wildman–Crippen LogP) is 8.08. The second kappa shape index (κ2) is 17.7. The number of morpholine rings is 1. The van der Waals surface area contributed by atoms with Crippen molar-refractivity contribution < 1.29 is 50.1 Å². The highest BCUT2D eigenvalue weighted by atomic mass is 19.4. The quantitative estimate of drug-likeness (QED) is 0.149. The van der Waals surface area contributed by atoms with Crippen LogP contribution in [0.2, 0.25) is 0 Å². The lowest BCUT2D eigenvalue weighted by Gasteiger charge is -2.48. The van der Waals surface area contributed by atoms with Gasteiger partial charge in [0.25, 0.3) is 0 Å². The van der Waals surface area contributed by atoms with Gasteiger partial charge in [0, 0.05) is 37.8 Å². The van der Waals surface area contributed by atoms with Gasteiger partial charge in [-0.2, -0.15) is 26.3 Å². The average molecular weight is 792 g/mol. The Hall–Kier alpha value is -4.60. The molecule has 16 heteroatoms. The van der Waals surface area contributed by atoms with Crippen LogP contribution in [0.25, 0.3) is 0 Å². The van der Waals surface area contributed by atoms with E-state index in [9.17, 15) is 35.9 Å². The van der Waals surface area contributed by atoms with Crippen molar-refractivity contribution in [2.24, 2.45) is 5.92 Å². The molecule has 0 bridgehead atoms. The molecule has 0 radical (unpaired) electrons. The van der Waals surface area contributed by atoms with Gasteiger partial charge in [-0.1, -0.05) is 37.3 Å². The second-order valence-electron chi connectivity index (χ2n) is 14.7. The van der Waals surface area contributed by atoms with Crippen molar-refractivity contribution in [2.45, 2.75) is 101 Å². The molecule has 1 amide bonds. The number of carbonyl (C=O) groups is 2. The average Bonchev–Trinajstić information content (AvgIpc) is 3.19. The van der Waals surface area contributed by atoms with Crippen LogP contribution in [0.4, 0.5) is 42.8 Å². The van der Waals surface area contributed by atoms with E-state index in [-0.39, 0.29) is 36.0 Å². The topological polar surface area (TPSA) is 97.3 Å². The molecule has 3 aromatic rings. The number of piperidine rings is 1. The minimum absolute atomic E-state index is 0.122. The number of anilines is 2. The zero-order chi connectivity index (χ0) is 40.0. The minimum Gasteiger partial charge on any atom is -0.469 e. The number of hydrogen-bond acceptors (Lipinski definition) is 9. The number of amides is 1. The molecule has 3 heterocycles. The summed E-state index contributed by atoms with van der Waals surface area (Å²) in [6.07, 6.45) is -4.10. The summed E-state index contributed by atoms with van der Waals surface area (Å²) in [6.45, 7) is 3.82. The molecular formula is C40H47F6N5O5. The smallest absolute Gasteiger partial charge is 0.416 e. The zero-order valence-corrected chi connectivity index (χ0v) is 31.4. The highest BCUT2D eigenvalue weighted by Gasteiger charge is 2.43. The third-order valence-electron chi connectivity index (χ3n) is 11.0. The Morgan fingerprint density at radius 2 is 1.46 bits per heavy atom.